The summed E-state index contributed by atoms with van der Waals surface area (Å²) in [7, 11) is 0. The smallest absolute Gasteiger partial charge is 0.134 e. The second kappa shape index (κ2) is 4.15. The van der Waals surface area contributed by atoms with Crippen LogP contribution in [-0.2, 0) is 0 Å². The van der Waals surface area contributed by atoms with Crippen LogP contribution in [0.15, 0.2) is 34.7 Å². The van der Waals surface area contributed by atoms with Gasteiger partial charge in [0.1, 0.15) is 17.4 Å². The Kier molecular flexibility index (Phi) is 2.65. The van der Waals surface area contributed by atoms with Crippen LogP contribution < -0.4 is 0 Å². The molecule has 3 rings (SSSR count). The quantitative estimate of drug-likeness (QED) is 0.865. The minimum absolute atomic E-state index is 0.306. The maximum atomic E-state index is 10.2. The van der Waals surface area contributed by atoms with Gasteiger partial charge >= 0.3 is 0 Å². The van der Waals surface area contributed by atoms with Gasteiger partial charge in [-0.15, -0.1) is 0 Å². The van der Waals surface area contributed by atoms with Gasteiger partial charge < -0.3 is 9.52 Å². The SMILES string of the molecule is OC(c1cc2ccccc2o1)C1CCCS1. The molecule has 0 radical (unpaired) electrons. The molecule has 1 saturated heterocycles. The first kappa shape index (κ1) is 10.2. The summed E-state index contributed by atoms with van der Waals surface area (Å²) in [6.45, 7) is 0. The Morgan fingerprint density at radius 1 is 1.38 bits per heavy atom. The lowest BCUT2D eigenvalue weighted by Crippen LogP contribution is -2.10. The fourth-order valence-corrected chi connectivity index (χ4v) is 3.47. The van der Waals surface area contributed by atoms with Crippen molar-refractivity contribution < 1.29 is 9.52 Å². The highest BCUT2D eigenvalue weighted by atomic mass is 32.2. The van der Waals surface area contributed by atoms with Gasteiger partial charge in [-0.3, -0.25) is 0 Å². The molecule has 2 unspecified atom stereocenters. The summed E-state index contributed by atoms with van der Waals surface area (Å²) in [5.41, 5.74) is 0.861. The molecule has 16 heavy (non-hydrogen) atoms. The van der Waals surface area contributed by atoms with Crippen molar-refractivity contribution in [2.45, 2.75) is 24.2 Å². The summed E-state index contributed by atoms with van der Waals surface area (Å²) in [5.74, 6) is 1.86. The average Bonchev–Trinajstić information content (AvgIpc) is 2.97. The van der Waals surface area contributed by atoms with Crippen molar-refractivity contribution in [2.75, 3.05) is 5.75 Å². The van der Waals surface area contributed by atoms with E-state index in [-0.39, 0.29) is 0 Å². The minimum atomic E-state index is -0.458. The second-order valence-electron chi connectivity index (χ2n) is 4.18. The molecule has 2 nitrogen and oxygen atoms in total. The molecule has 2 atom stereocenters. The highest BCUT2D eigenvalue weighted by Gasteiger charge is 2.27. The van der Waals surface area contributed by atoms with Crippen molar-refractivity contribution >= 4 is 22.7 Å². The summed E-state index contributed by atoms with van der Waals surface area (Å²) in [6.07, 6.45) is 1.83. The molecular formula is C13H14O2S. The van der Waals surface area contributed by atoms with Crippen LogP contribution in [0.2, 0.25) is 0 Å². The summed E-state index contributed by atoms with van der Waals surface area (Å²) < 4.78 is 5.68. The molecule has 1 aliphatic rings. The number of hydrogen-bond donors (Lipinski definition) is 1. The van der Waals surface area contributed by atoms with E-state index in [4.69, 9.17) is 4.42 Å². The highest BCUT2D eigenvalue weighted by molar-refractivity contribution is 8.00. The van der Waals surface area contributed by atoms with E-state index in [0.29, 0.717) is 11.0 Å². The van der Waals surface area contributed by atoms with Gasteiger partial charge in [-0.2, -0.15) is 11.8 Å². The van der Waals surface area contributed by atoms with Crippen LogP contribution in [0.5, 0.6) is 0 Å². The fraction of sp³-hybridized carbons (Fsp3) is 0.385. The molecule has 3 heteroatoms. The number of aliphatic hydroxyl groups excluding tert-OH is 1. The number of para-hydroxylation sites is 1. The Bertz CT molecular complexity index is 452. The molecule has 0 amide bonds. The Labute approximate surface area is 98.6 Å². The molecule has 0 bridgehead atoms. The molecule has 2 heterocycles. The second-order valence-corrected chi connectivity index (χ2v) is 5.53. The Hall–Kier alpha value is -0.930. The van der Waals surface area contributed by atoms with Crippen molar-refractivity contribution in [2.24, 2.45) is 0 Å². The first-order valence-corrected chi connectivity index (χ1v) is 6.67. The average molecular weight is 234 g/mol. The number of furan rings is 1. The number of hydrogen-bond acceptors (Lipinski definition) is 3. The predicted octanol–water partition coefficient (Wildman–Crippen LogP) is 3.36. The van der Waals surface area contributed by atoms with Crippen LogP contribution in [-0.4, -0.2) is 16.1 Å². The van der Waals surface area contributed by atoms with E-state index in [0.717, 1.165) is 23.1 Å². The highest BCUT2D eigenvalue weighted by Crippen LogP contribution is 2.37. The molecule has 1 aromatic carbocycles. The van der Waals surface area contributed by atoms with Gasteiger partial charge in [0.15, 0.2) is 0 Å². The topological polar surface area (TPSA) is 33.4 Å². The van der Waals surface area contributed by atoms with Gasteiger partial charge in [0.25, 0.3) is 0 Å². The number of benzene rings is 1. The molecular weight excluding hydrogens is 220 g/mol. The third kappa shape index (κ3) is 1.74. The van der Waals surface area contributed by atoms with Crippen molar-refractivity contribution in [3.8, 4) is 0 Å². The molecule has 84 valence electrons. The maximum absolute atomic E-state index is 10.2. The van der Waals surface area contributed by atoms with Crippen LogP contribution in [0, 0.1) is 0 Å². The zero-order chi connectivity index (χ0) is 11.0. The largest absolute Gasteiger partial charge is 0.458 e. The number of rotatable bonds is 2. The van der Waals surface area contributed by atoms with Crippen LogP contribution in [0.4, 0.5) is 0 Å². The van der Waals surface area contributed by atoms with Gasteiger partial charge in [0.05, 0.1) is 0 Å². The van der Waals surface area contributed by atoms with E-state index in [1.807, 2.05) is 42.1 Å². The van der Waals surface area contributed by atoms with Crippen molar-refractivity contribution in [3.63, 3.8) is 0 Å². The van der Waals surface area contributed by atoms with Gasteiger partial charge in [0.2, 0.25) is 0 Å². The van der Waals surface area contributed by atoms with Crippen LogP contribution in [0.1, 0.15) is 24.7 Å². The lowest BCUT2D eigenvalue weighted by atomic mass is 10.1. The number of aliphatic hydroxyl groups is 1. The van der Waals surface area contributed by atoms with E-state index in [2.05, 4.69) is 0 Å². The molecule has 1 N–H and O–H groups in total. The zero-order valence-electron chi connectivity index (χ0n) is 8.93. The maximum Gasteiger partial charge on any atom is 0.134 e. The third-order valence-electron chi connectivity index (χ3n) is 3.05. The molecule has 2 aromatic rings. The monoisotopic (exact) mass is 234 g/mol. The summed E-state index contributed by atoms with van der Waals surface area (Å²) in [4.78, 5) is 0. The van der Waals surface area contributed by atoms with Crippen molar-refractivity contribution in [1.82, 2.24) is 0 Å². The molecule has 0 aliphatic carbocycles. The van der Waals surface area contributed by atoms with Gasteiger partial charge in [-0.25, -0.2) is 0 Å². The van der Waals surface area contributed by atoms with Gasteiger partial charge in [0, 0.05) is 10.6 Å². The summed E-state index contributed by atoms with van der Waals surface area (Å²) >= 11 is 1.85. The van der Waals surface area contributed by atoms with Crippen LogP contribution in [0.3, 0.4) is 0 Å². The van der Waals surface area contributed by atoms with E-state index in [9.17, 15) is 5.11 Å². The Balaban J connectivity index is 1.92. The molecule has 0 spiro atoms. The van der Waals surface area contributed by atoms with E-state index < -0.39 is 6.10 Å². The summed E-state index contributed by atoms with van der Waals surface area (Å²) in [5, 5.41) is 11.6. The van der Waals surface area contributed by atoms with Crippen molar-refractivity contribution in [3.05, 3.63) is 36.1 Å². The number of fused-ring (bicyclic) bond motifs is 1. The lowest BCUT2D eigenvalue weighted by Gasteiger charge is -2.13. The molecule has 0 saturated carbocycles. The van der Waals surface area contributed by atoms with Crippen LogP contribution in [0.25, 0.3) is 11.0 Å². The lowest BCUT2D eigenvalue weighted by molar-refractivity contribution is 0.148. The normalized spacial score (nSPS) is 22.7. The Morgan fingerprint density at radius 3 is 3.00 bits per heavy atom. The van der Waals surface area contributed by atoms with Crippen LogP contribution >= 0.6 is 11.8 Å². The molecule has 1 aliphatic heterocycles. The summed E-state index contributed by atoms with van der Waals surface area (Å²) in [6, 6.07) is 9.84. The fourth-order valence-electron chi connectivity index (χ4n) is 2.18. The zero-order valence-corrected chi connectivity index (χ0v) is 9.74. The first-order chi connectivity index (χ1) is 7.84. The predicted molar refractivity (Wildman–Crippen MR) is 66.7 cm³/mol. The van der Waals surface area contributed by atoms with E-state index in [1.165, 1.54) is 6.42 Å². The van der Waals surface area contributed by atoms with E-state index in [1.54, 1.807) is 0 Å². The minimum Gasteiger partial charge on any atom is -0.458 e. The number of thioether (sulfide) groups is 1. The van der Waals surface area contributed by atoms with E-state index >= 15 is 0 Å². The standard InChI is InChI=1S/C13H14O2S/c14-13(12-6-3-7-16-12)11-8-9-4-1-2-5-10(9)15-11/h1-2,4-5,8,12-14H,3,6-7H2. The Morgan fingerprint density at radius 2 is 2.25 bits per heavy atom. The van der Waals surface area contributed by atoms with Crippen molar-refractivity contribution in [1.29, 1.82) is 0 Å². The van der Waals surface area contributed by atoms with Gasteiger partial charge in [-0.05, 0) is 30.7 Å². The molecule has 1 aromatic heterocycles. The third-order valence-corrected chi connectivity index (χ3v) is 4.50. The van der Waals surface area contributed by atoms with Gasteiger partial charge in [-0.1, -0.05) is 18.2 Å². The molecule has 1 fully saturated rings. The first-order valence-electron chi connectivity index (χ1n) is 5.63.